The van der Waals surface area contributed by atoms with E-state index in [1.165, 1.54) is 19.8 Å². The molecule has 0 saturated carbocycles. The predicted octanol–water partition coefficient (Wildman–Crippen LogP) is 1.64. The van der Waals surface area contributed by atoms with Gasteiger partial charge in [-0.15, -0.1) is 0 Å². The summed E-state index contributed by atoms with van der Waals surface area (Å²) < 4.78 is 0. The van der Waals surface area contributed by atoms with Gasteiger partial charge in [-0.05, 0) is 18.9 Å². The number of pyridine rings is 1. The van der Waals surface area contributed by atoms with E-state index in [1.54, 1.807) is 6.20 Å². The molecule has 0 radical (unpaired) electrons. The molecule has 15 heavy (non-hydrogen) atoms. The van der Waals surface area contributed by atoms with Crippen LogP contribution in [0.1, 0.15) is 19.8 Å². The van der Waals surface area contributed by atoms with Crippen molar-refractivity contribution in [2.24, 2.45) is 0 Å². The van der Waals surface area contributed by atoms with Gasteiger partial charge < -0.3 is 10.2 Å². The number of nitrogens with zero attached hydrogens (tertiary/aromatic N) is 2. The molecule has 4 heteroatoms. The van der Waals surface area contributed by atoms with Crippen LogP contribution in [0.5, 0.6) is 0 Å². The van der Waals surface area contributed by atoms with Crippen molar-refractivity contribution in [3.05, 3.63) is 18.3 Å². The monoisotopic (exact) mass is 205 g/mol. The molecule has 1 fully saturated rings. The molecule has 80 valence electrons. The van der Waals surface area contributed by atoms with Crippen LogP contribution in [0.4, 0.5) is 11.5 Å². The van der Waals surface area contributed by atoms with Crippen molar-refractivity contribution in [2.45, 2.75) is 19.8 Å². The van der Waals surface area contributed by atoms with E-state index in [-0.39, 0.29) is 5.91 Å². The second-order valence-electron chi connectivity index (χ2n) is 3.77. The summed E-state index contributed by atoms with van der Waals surface area (Å²) in [6.45, 7) is 3.69. The zero-order chi connectivity index (χ0) is 10.7. The highest BCUT2D eigenvalue weighted by atomic mass is 16.1. The lowest BCUT2D eigenvalue weighted by Crippen LogP contribution is -2.18. The Morgan fingerprint density at radius 3 is 2.87 bits per heavy atom. The van der Waals surface area contributed by atoms with E-state index < -0.39 is 0 Å². The van der Waals surface area contributed by atoms with Gasteiger partial charge in [0.05, 0.1) is 0 Å². The summed E-state index contributed by atoms with van der Waals surface area (Å²) >= 11 is 0. The Kier molecular flexibility index (Phi) is 2.85. The van der Waals surface area contributed by atoms with Crippen molar-refractivity contribution in [3.63, 3.8) is 0 Å². The Morgan fingerprint density at radius 2 is 2.20 bits per heavy atom. The number of anilines is 2. The van der Waals surface area contributed by atoms with Crippen LogP contribution in [0.25, 0.3) is 0 Å². The third kappa shape index (κ3) is 2.46. The molecule has 1 saturated heterocycles. The van der Waals surface area contributed by atoms with Crippen molar-refractivity contribution in [1.82, 2.24) is 4.98 Å². The SMILES string of the molecule is CC(=O)Nc1cc(N2CCCC2)ccn1. The normalized spacial score (nSPS) is 15.4. The van der Waals surface area contributed by atoms with Crippen LogP contribution in [0.2, 0.25) is 0 Å². The van der Waals surface area contributed by atoms with E-state index in [2.05, 4.69) is 15.2 Å². The predicted molar refractivity (Wildman–Crippen MR) is 60.0 cm³/mol. The van der Waals surface area contributed by atoms with Crippen LogP contribution in [-0.4, -0.2) is 24.0 Å². The first-order valence-corrected chi connectivity index (χ1v) is 5.24. The molecule has 0 aromatic carbocycles. The van der Waals surface area contributed by atoms with E-state index in [0.29, 0.717) is 5.82 Å². The zero-order valence-corrected chi connectivity index (χ0v) is 8.86. The number of amides is 1. The highest BCUT2D eigenvalue weighted by Crippen LogP contribution is 2.21. The summed E-state index contributed by atoms with van der Waals surface area (Å²) in [5.74, 6) is 0.549. The van der Waals surface area contributed by atoms with Gasteiger partial charge in [0.25, 0.3) is 0 Å². The summed E-state index contributed by atoms with van der Waals surface area (Å²) in [5.41, 5.74) is 1.14. The van der Waals surface area contributed by atoms with E-state index in [9.17, 15) is 4.79 Å². The lowest BCUT2D eigenvalue weighted by Gasteiger charge is -2.17. The topological polar surface area (TPSA) is 45.2 Å². The molecule has 4 nitrogen and oxygen atoms in total. The molecule has 0 aliphatic carbocycles. The fraction of sp³-hybridized carbons (Fsp3) is 0.455. The number of hydrogen-bond acceptors (Lipinski definition) is 3. The molecular weight excluding hydrogens is 190 g/mol. The summed E-state index contributed by atoms with van der Waals surface area (Å²) in [7, 11) is 0. The summed E-state index contributed by atoms with van der Waals surface area (Å²) in [4.78, 5) is 17.3. The van der Waals surface area contributed by atoms with Crippen LogP contribution >= 0.6 is 0 Å². The van der Waals surface area contributed by atoms with Crippen molar-refractivity contribution in [1.29, 1.82) is 0 Å². The molecule has 0 atom stereocenters. The first-order valence-electron chi connectivity index (χ1n) is 5.24. The maximum absolute atomic E-state index is 10.9. The lowest BCUT2D eigenvalue weighted by molar-refractivity contribution is -0.114. The average molecular weight is 205 g/mol. The lowest BCUT2D eigenvalue weighted by atomic mass is 10.3. The van der Waals surface area contributed by atoms with Crippen LogP contribution in [0.15, 0.2) is 18.3 Å². The van der Waals surface area contributed by atoms with E-state index in [0.717, 1.165) is 18.8 Å². The molecule has 2 heterocycles. The van der Waals surface area contributed by atoms with Gasteiger partial charge in [0.15, 0.2) is 0 Å². The third-order valence-corrected chi connectivity index (χ3v) is 2.52. The average Bonchev–Trinajstić information content (AvgIpc) is 2.69. The number of nitrogens with one attached hydrogen (secondary N) is 1. The third-order valence-electron chi connectivity index (χ3n) is 2.52. The van der Waals surface area contributed by atoms with Gasteiger partial charge in [-0.25, -0.2) is 4.98 Å². The maximum atomic E-state index is 10.9. The Hall–Kier alpha value is -1.58. The standard InChI is InChI=1S/C11H15N3O/c1-9(15)13-11-8-10(4-5-12-11)14-6-2-3-7-14/h4-5,8H,2-3,6-7H2,1H3,(H,12,13,15). The fourth-order valence-electron chi connectivity index (χ4n) is 1.84. The number of carbonyl (C=O) groups excluding carboxylic acids is 1. The number of rotatable bonds is 2. The van der Waals surface area contributed by atoms with Gasteiger partial charge in [-0.3, -0.25) is 4.79 Å². The Labute approximate surface area is 89.3 Å². The van der Waals surface area contributed by atoms with Gasteiger partial charge in [0.2, 0.25) is 5.91 Å². The molecular formula is C11H15N3O. The van der Waals surface area contributed by atoms with Crippen molar-refractivity contribution in [3.8, 4) is 0 Å². The second-order valence-corrected chi connectivity index (χ2v) is 3.77. The van der Waals surface area contributed by atoms with Gasteiger partial charge in [0.1, 0.15) is 5.82 Å². The molecule has 1 aliphatic heterocycles. The number of hydrogen-bond donors (Lipinski definition) is 1. The molecule has 1 amide bonds. The Balaban J connectivity index is 2.14. The molecule has 2 rings (SSSR count). The summed E-state index contributed by atoms with van der Waals surface area (Å²) in [6, 6.07) is 3.91. The molecule has 1 aromatic heterocycles. The summed E-state index contributed by atoms with van der Waals surface area (Å²) in [5, 5.41) is 2.69. The Morgan fingerprint density at radius 1 is 1.47 bits per heavy atom. The largest absolute Gasteiger partial charge is 0.371 e. The maximum Gasteiger partial charge on any atom is 0.222 e. The summed E-state index contributed by atoms with van der Waals surface area (Å²) in [6.07, 6.45) is 4.23. The fourth-order valence-corrected chi connectivity index (χ4v) is 1.84. The minimum absolute atomic E-state index is 0.0823. The Bertz CT molecular complexity index is 359. The van der Waals surface area contributed by atoms with Crippen LogP contribution in [-0.2, 0) is 4.79 Å². The van der Waals surface area contributed by atoms with Crippen LogP contribution in [0.3, 0.4) is 0 Å². The zero-order valence-electron chi connectivity index (χ0n) is 8.86. The van der Waals surface area contributed by atoms with Crippen molar-refractivity contribution < 1.29 is 4.79 Å². The molecule has 0 bridgehead atoms. The first kappa shape index (κ1) is 9.96. The van der Waals surface area contributed by atoms with E-state index in [4.69, 9.17) is 0 Å². The smallest absolute Gasteiger partial charge is 0.222 e. The van der Waals surface area contributed by atoms with E-state index in [1.807, 2.05) is 12.1 Å². The molecule has 1 N–H and O–H groups in total. The molecule has 0 spiro atoms. The quantitative estimate of drug-likeness (QED) is 0.798. The van der Waals surface area contributed by atoms with Crippen LogP contribution in [0, 0.1) is 0 Å². The van der Waals surface area contributed by atoms with Crippen molar-refractivity contribution >= 4 is 17.4 Å². The number of carbonyl (C=O) groups is 1. The van der Waals surface area contributed by atoms with Crippen molar-refractivity contribution in [2.75, 3.05) is 23.3 Å². The second kappa shape index (κ2) is 4.29. The van der Waals surface area contributed by atoms with Gasteiger partial charge >= 0.3 is 0 Å². The molecule has 1 aliphatic rings. The van der Waals surface area contributed by atoms with Crippen LogP contribution < -0.4 is 10.2 Å². The van der Waals surface area contributed by atoms with Gasteiger partial charge in [0, 0.05) is 38.0 Å². The van der Waals surface area contributed by atoms with Gasteiger partial charge in [-0.1, -0.05) is 0 Å². The molecule has 0 unspecified atom stereocenters. The van der Waals surface area contributed by atoms with Gasteiger partial charge in [-0.2, -0.15) is 0 Å². The first-order chi connectivity index (χ1) is 7.25. The van der Waals surface area contributed by atoms with E-state index >= 15 is 0 Å². The molecule has 1 aromatic rings. The minimum Gasteiger partial charge on any atom is -0.371 e. The minimum atomic E-state index is -0.0823. The highest BCUT2D eigenvalue weighted by molar-refractivity contribution is 5.88. The number of aromatic nitrogens is 1. The highest BCUT2D eigenvalue weighted by Gasteiger charge is 2.12.